The fourth-order valence-electron chi connectivity index (χ4n) is 4.59. The molecule has 4 aromatic rings. The van der Waals surface area contributed by atoms with Crippen molar-refractivity contribution in [2.45, 2.75) is 53.9 Å². The van der Waals surface area contributed by atoms with E-state index in [1.807, 2.05) is 29.1 Å². The Hall–Kier alpha value is -3.19. The van der Waals surface area contributed by atoms with E-state index in [2.05, 4.69) is 65.3 Å². The highest BCUT2D eigenvalue weighted by atomic mass is 15.3. The Balaban J connectivity index is 1.40. The molecule has 0 atom stereocenters. The molecule has 0 spiro atoms. The van der Waals surface area contributed by atoms with Gasteiger partial charge in [0.05, 0.1) is 34.5 Å². The van der Waals surface area contributed by atoms with Crippen LogP contribution in [-0.4, -0.2) is 40.6 Å². The highest BCUT2D eigenvalue weighted by molar-refractivity contribution is 5.56. The van der Waals surface area contributed by atoms with Gasteiger partial charge in [0.15, 0.2) is 0 Å². The fourth-order valence-corrected chi connectivity index (χ4v) is 4.59. The highest BCUT2D eigenvalue weighted by Gasteiger charge is 2.25. The Kier molecular flexibility index (Phi) is 4.98. The first-order valence-electron chi connectivity index (χ1n) is 11.0. The summed E-state index contributed by atoms with van der Waals surface area (Å²) >= 11 is 0. The van der Waals surface area contributed by atoms with E-state index in [1.165, 1.54) is 17.0 Å². The SMILES string of the molecule is CCn1nc(C)c(CN2CCn3c(-c4cnn(-c5ccccc5)c4)nc(C)c3C2)c1C. The first-order chi connectivity index (χ1) is 15.0. The van der Waals surface area contributed by atoms with E-state index in [0.29, 0.717) is 0 Å². The van der Waals surface area contributed by atoms with Crippen LogP contribution in [0.2, 0.25) is 0 Å². The molecule has 0 N–H and O–H groups in total. The minimum Gasteiger partial charge on any atom is -0.325 e. The second-order valence-electron chi connectivity index (χ2n) is 8.30. The van der Waals surface area contributed by atoms with Crippen LogP contribution in [-0.2, 0) is 26.2 Å². The van der Waals surface area contributed by atoms with Gasteiger partial charge in [-0.3, -0.25) is 9.58 Å². The van der Waals surface area contributed by atoms with Gasteiger partial charge in [0.2, 0.25) is 0 Å². The van der Waals surface area contributed by atoms with Crippen molar-refractivity contribution in [3.63, 3.8) is 0 Å². The normalized spacial score (nSPS) is 14.2. The Morgan fingerprint density at radius 3 is 2.55 bits per heavy atom. The lowest BCUT2D eigenvalue weighted by atomic mass is 10.1. The van der Waals surface area contributed by atoms with Gasteiger partial charge in [0, 0.05) is 50.2 Å². The Bertz CT molecular complexity index is 1210. The third kappa shape index (κ3) is 3.49. The average Bonchev–Trinajstić information content (AvgIpc) is 3.47. The zero-order valence-corrected chi connectivity index (χ0v) is 18.7. The number of para-hydroxylation sites is 1. The molecule has 31 heavy (non-hydrogen) atoms. The second kappa shape index (κ2) is 7.81. The zero-order valence-electron chi connectivity index (χ0n) is 18.7. The molecule has 0 fully saturated rings. The number of hydrogen-bond donors (Lipinski definition) is 0. The third-order valence-electron chi connectivity index (χ3n) is 6.36. The summed E-state index contributed by atoms with van der Waals surface area (Å²) in [4.78, 5) is 7.44. The van der Waals surface area contributed by atoms with Crippen molar-refractivity contribution < 1.29 is 0 Å². The average molecular weight is 416 g/mol. The maximum absolute atomic E-state index is 4.93. The van der Waals surface area contributed by atoms with Crippen LogP contribution in [0.1, 0.15) is 35.3 Å². The molecular weight excluding hydrogens is 386 g/mol. The molecular formula is C24H29N7. The third-order valence-corrected chi connectivity index (χ3v) is 6.36. The van der Waals surface area contributed by atoms with Crippen LogP contribution in [0, 0.1) is 20.8 Å². The van der Waals surface area contributed by atoms with Crippen LogP contribution in [0.3, 0.4) is 0 Å². The van der Waals surface area contributed by atoms with Crippen molar-refractivity contribution in [3.8, 4) is 17.1 Å². The van der Waals surface area contributed by atoms with Crippen LogP contribution in [0.5, 0.6) is 0 Å². The maximum Gasteiger partial charge on any atom is 0.143 e. The van der Waals surface area contributed by atoms with E-state index in [-0.39, 0.29) is 0 Å². The molecule has 0 aliphatic carbocycles. The minimum absolute atomic E-state index is 0.905. The van der Waals surface area contributed by atoms with E-state index in [0.717, 1.165) is 61.2 Å². The Labute approximate surface area is 182 Å². The quantitative estimate of drug-likeness (QED) is 0.496. The maximum atomic E-state index is 4.93. The van der Waals surface area contributed by atoms with E-state index in [1.54, 1.807) is 0 Å². The summed E-state index contributed by atoms with van der Waals surface area (Å²) in [5.41, 5.74) is 8.30. The molecule has 0 saturated carbocycles. The number of aromatic nitrogens is 6. The molecule has 160 valence electrons. The second-order valence-corrected chi connectivity index (χ2v) is 8.30. The van der Waals surface area contributed by atoms with E-state index < -0.39 is 0 Å². The summed E-state index contributed by atoms with van der Waals surface area (Å²) in [5.74, 6) is 1.01. The summed E-state index contributed by atoms with van der Waals surface area (Å²) in [7, 11) is 0. The predicted octanol–water partition coefficient (Wildman–Crippen LogP) is 3.89. The molecule has 1 aromatic carbocycles. The van der Waals surface area contributed by atoms with Gasteiger partial charge < -0.3 is 4.57 Å². The van der Waals surface area contributed by atoms with E-state index >= 15 is 0 Å². The molecule has 0 unspecified atom stereocenters. The summed E-state index contributed by atoms with van der Waals surface area (Å²) in [6.07, 6.45) is 3.99. The fraction of sp³-hybridized carbons (Fsp3) is 0.375. The predicted molar refractivity (Wildman–Crippen MR) is 121 cm³/mol. The van der Waals surface area contributed by atoms with Crippen LogP contribution in [0.15, 0.2) is 42.7 Å². The zero-order chi connectivity index (χ0) is 21.5. The van der Waals surface area contributed by atoms with Gasteiger partial charge >= 0.3 is 0 Å². The molecule has 7 heteroatoms. The first kappa shape index (κ1) is 19.8. The van der Waals surface area contributed by atoms with Crippen molar-refractivity contribution in [3.05, 3.63) is 71.1 Å². The van der Waals surface area contributed by atoms with Gasteiger partial charge in [-0.05, 0) is 39.8 Å². The van der Waals surface area contributed by atoms with Gasteiger partial charge in [-0.15, -0.1) is 0 Å². The summed E-state index contributed by atoms with van der Waals surface area (Å²) < 4.78 is 6.39. The van der Waals surface area contributed by atoms with Crippen molar-refractivity contribution >= 4 is 0 Å². The topological polar surface area (TPSA) is 56.7 Å². The molecule has 4 heterocycles. The molecule has 3 aromatic heterocycles. The van der Waals surface area contributed by atoms with E-state index in [4.69, 9.17) is 10.1 Å². The smallest absolute Gasteiger partial charge is 0.143 e. The first-order valence-corrected chi connectivity index (χ1v) is 11.0. The number of rotatable bonds is 5. The molecule has 5 rings (SSSR count). The van der Waals surface area contributed by atoms with Crippen molar-refractivity contribution in [2.24, 2.45) is 0 Å². The standard InChI is InChI=1S/C24H29N7/c1-5-30-19(4)22(17(2)27-30)15-28-11-12-29-23(16-28)18(3)26-24(29)20-13-25-31(14-20)21-9-7-6-8-10-21/h6-10,13-14H,5,11-12,15-16H2,1-4H3. The van der Waals surface area contributed by atoms with Gasteiger partial charge in [0.25, 0.3) is 0 Å². The van der Waals surface area contributed by atoms with Crippen molar-refractivity contribution in [1.82, 2.24) is 34.0 Å². The molecule has 1 aliphatic rings. The van der Waals surface area contributed by atoms with Gasteiger partial charge in [-0.2, -0.15) is 10.2 Å². The highest BCUT2D eigenvalue weighted by Crippen LogP contribution is 2.28. The van der Waals surface area contributed by atoms with Gasteiger partial charge in [-0.1, -0.05) is 18.2 Å². The monoisotopic (exact) mass is 415 g/mol. The number of hydrogen-bond acceptors (Lipinski definition) is 4. The van der Waals surface area contributed by atoms with Crippen LogP contribution < -0.4 is 0 Å². The molecule has 0 saturated heterocycles. The lowest BCUT2D eigenvalue weighted by Gasteiger charge is -2.29. The Morgan fingerprint density at radius 1 is 1.00 bits per heavy atom. The molecule has 7 nitrogen and oxygen atoms in total. The summed E-state index contributed by atoms with van der Waals surface area (Å²) in [5, 5.41) is 9.26. The number of nitrogens with zero attached hydrogens (tertiary/aromatic N) is 7. The van der Waals surface area contributed by atoms with Gasteiger partial charge in [-0.25, -0.2) is 9.67 Å². The minimum atomic E-state index is 0.905. The van der Waals surface area contributed by atoms with Crippen LogP contribution in [0.4, 0.5) is 0 Å². The van der Waals surface area contributed by atoms with Crippen LogP contribution >= 0.6 is 0 Å². The summed E-state index contributed by atoms with van der Waals surface area (Å²) in [6.45, 7) is 13.3. The lowest BCUT2D eigenvalue weighted by molar-refractivity contribution is 0.212. The summed E-state index contributed by atoms with van der Waals surface area (Å²) in [6, 6.07) is 10.2. The number of fused-ring (bicyclic) bond motifs is 1. The lowest BCUT2D eigenvalue weighted by Crippen LogP contribution is -2.33. The molecule has 0 amide bonds. The molecule has 0 radical (unpaired) electrons. The van der Waals surface area contributed by atoms with Crippen LogP contribution in [0.25, 0.3) is 17.1 Å². The number of imidazole rings is 1. The number of aryl methyl sites for hydroxylation is 3. The largest absolute Gasteiger partial charge is 0.325 e. The molecule has 1 aliphatic heterocycles. The van der Waals surface area contributed by atoms with Crippen molar-refractivity contribution in [2.75, 3.05) is 6.54 Å². The van der Waals surface area contributed by atoms with Gasteiger partial charge in [0.1, 0.15) is 5.82 Å². The number of benzene rings is 1. The van der Waals surface area contributed by atoms with Crippen molar-refractivity contribution in [1.29, 1.82) is 0 Å². The Morgan fingerprint density at radius 2 is 1.81 bits per heavy atom. The molecule has 0 bridgehead atoms. The van der Waals surface area contributed by atoms with E-state index in [9.17, 15) is 0 Å².